The maximum atomic E-state index is 4.00. The Balaban J connectivity index is 0. The van der Waals surface area contributed by atoms with Crippen LogP contribution in [-0.2, 0) is 0 Å². The average molecular weight is 174 g/mol. The first-order valence-corrected chi connectivity index (χ1v) is 4.27. The van der Waals surface area contributed by atoms with Crippen LogP contribution in [0.4, 0.5) is 0 Å². The first kappa shape index (κ1) is 14.4. The molecule has 12 heavy (non-hydrogen) atoms. The van der Waals surface area contributed by atoms with Gasteiger partial charge in [-0.25, -0.2) is 0 Å². The molecule has 0 aromatic rings. The van der Waals surface area contributed by atoms with Crippen molar-refractivity contribution >= 4 is 0 Å². The normalized spacial score (nSPS) is 35.8. The van der Waals surface area contributed by atoms with Gasteiger partial charge in [0.25, 0.3) is 0 Å². The second-order valence-electron chi connectivity index (χ2n) is 2.90. The molecule has 2 rings (SSSR count). The Labute approximate surface area is 78.3 Å². The SMILES string of the molecule is C.C.CC.[CH2-][NH+]1CC2CC1CN2. The smallest absolute Gasteiger partial charge is 0.0779 e. The lowest BCUT2D eigenvalue weighted by Crippen LogP contribution is -3.11. The first-order valence-electron chi connectivity index (χ1n) is 4.27. The van der Waals surface area contributed by atoms with E-state index in [0.717, 1.165) is 12.1 Å². The molecule has 2 nitrogen and oxygen atoms in total. The zero-order valence-electron chi connectivity index (χ0n) is 6.98. The highest BCUT2D eigenvalue weighted by molar-refractivity contribution is 4.85. The van der Waals surface area contributed by atoms with Gasteiger partial charge < -0.3 is 10.2 Å². The van der Waals surface area contributed by atoms with Crippen molar-refractivity contribution in [2.45, 2.75) is 47.2 Å². The van der Waals surface area contributed by atoms with Gasteiger partial charge >= 0.3 is 0 Å². The number of likely N-dealkylation sites (tertiary alicyclic amines) is 1. The standard InChI is InChI=1S/C6H12N2.C2H6.2CH4/c1-8-4-5-2-6(8)3-7-5;1-2;;/h5-8H,1-4H2;1-2H3;2*1H4. The Bertz CT molecular complexity index is 102. The van der Waals surface area contributed by atoms with E-state index in [1.54, 1.807) is 0 Å². The molecule has 2 heterocycles. The lowest BCUT2D eigenvalue weighted by Gasteiger charge is -2.25. The molecule has 0 spiro atoms. The van der Waals surface area contributed by atoms with Crippen LogP contribution in [0.3, 0.4) is 0 Å². The van der Waals surface area contributed by atoms with Crippen molar-refractivity contribution < 1.29 is 4.90 Å². The molecular weight excluding hydrogens is 148 g/mol. The van der Waals surface area contributed by atoms with Crippen molar-refractivity contribution in [1.29, 1.82) is 0 Å². The topological polar surface area (TPSA) is 16.5 Å². The number of fused-ring (bicyclic) bond motifs is 2. The van der Waals surface area contributed by atoms with E-state index in [-0.39, 0.29) is 14.9 Å². The molecule has 2 bridgehead atoms. The fourth-order valence-corrected chi connectivity index (χ4v) is 1.77. The molecule has 0 aromatic carbocycles. The highest BCUT2D eigenvalue weighted by atomic mass is 15.3. The molecule has 3 unspecified atom stereocenters. The molecular formula is C10H26N2. The van der Waals surface area contributed by atoms with E-state index in [9.17, 15) is 0 Å². The largest absolute Gasteiger partial charge is 0.463 e. The van der Waals surface area contributed by atoms with Gasteiger partial charge in [-0.15, -0.1) is 0 Å². The quantitative estimate of drug-likeness (QED) is 0.517. The summed E-state index contributed by atoms with van der Waals surface area (Å²) in [7, 11) is 4.00. The predicted molar refractivity (Wildman–Crippen MR) is 56.2 cm³/mol. The van der Waals surface area contributed by atoms with E-state index in [0.29, 0.717) is 0 Å². The number of rotatable bonds is 0. The molecule has 76 valence electrons. The van der Waals surface area contributed by atoms with E-state index < -0.39 is 0 Å². The molecule has 3 atom stereocenters. The summed E-state index contributed by atoms with van der Waals surface area (Å²) in [5.74, 6) is 0. The molecule has 0 aliphatic carbocycles. The predicted octanol–water partition coefficient (Wildman–Crippen LogP) is 0.705. The van der Waals surface area contributed by atoms with Gasteiger partial charge in [0, 0.05) is 13.0 Å². The molecule has 0 aromatic heterocycles. The fraction of sp³-hybridized carbons (Fsp3) is 0.900. The summed E-state index contributed by atoms with van der Waals surface area (Å²) in [4.78, 5) is 1.48. The van der Waals surface area contributed by atoms with Gasteiger partial charge in [-0.3, -0.25) is 0 Å². The minimum atomic E-state index is 0. The Morgan fingerprint density at radius 2 is 1.92 bits per heavy atom. The Hall–Kier alpha value is -0.0800. The summed E-state index contributed by atoms with van der Waals surface area (Å²) in [5, 5.41) is 3.43. The lowest BCUT2D eigenvalue weighted by atomic mass is 10.2. The van der Waals surface area contributed by atoms with Crippen LogP contribution in [0.15, 0.2) is 0 Å². The van der Waals surface area contributed by atoms with Gasteiger partial charge in [-0.1, -0.05) is 28.7 Å². The van der Waals surface area contributed by atoms with Gasteiger partial charge in [-0.2, -0.15) is 7.05 Å². The lowest BCUT2D eigenvalue weighted by molar-refractivity contribution is -0.869. The van der Waals surface area contributed by atoms with E-state index in [1.165, 1.54) is 24.4 Å². The molecule has 2 aliphatic heterocycles. The van der Waals surface area contributed by atoms with E-state index in [2.05, 4.69) is 12.4 Å². The summed E-state index contributed by atoms with van der Waals surface area (Å²) in [6.07, 6.45) is 1.36. The Kier molecular flexibility index (Phi) is 7.75. The fourth-order valence-electron chi connectivity index (χ4n) is 1.77. The molecule has 2 aliphatic rings. The van der Waals surface area contributed by atoms with Crippen LogP contribution in [0, 0.1) is 7.05 Å². The molecule has 0 radical (unpaired) electrons. The van der Waals surface area contributed by atoms with Crippen LogP contribution >= 0.6 is 0 Å². The zero-order valence-corrected chi connectivity index (χ0v) is 6.98. The summed E-state index contributed by atoms with van der Waals surface area (Å²) in [6, 6.07) is 1.63. The number of hydrogen-bond acceptors (Lipinski definition) is 1. The number of hydrogen-bond donors (Lipinski definition) is 2. The number of piperazine rings is 1. The second kappa shape index (κ2) is 6.44. The molecule has 0 amide bonds. The highest BCUT2D eigenvalue weighted by Gasteiger charge is 2.35. The van der Waals surface area contributed by atoms with E-state index >= 15 is 0 Å². The van der Waals surface area contributed by atoms with Crippen molar-refractivity contribution in [2.24, 2.45) is 0 Å². The molecule has 2 heteroatoms. The number of quaternary nitrogens is 1. The monoisotopic (exact) mass is 174 g/mol. The Morgan fingerprint density at radius 3 is 2.08 bits per heavy atom. The van der Waals surface area contributed by atoms with Gasteiger partial charge in [0.15, 0.2) is 0 Å². The van der Waals surface area contributed by atoms with Crippen LogP contribution in [-0.4, -0.2) is 25.2 Å². The summed E-state index contributed by atoms with van der Waals surface area (Å²) >= 11 is 0. The van der Waals surface area contributed by atoms with Crippen LogP contribution in [0.25, 0.3) is 0 Å². The van der Waals surface area contributed by atoms with E-state index in [1.807, 2.05) is 13.8 Å². The number of nitrogens with one attached hydrogen (secondary N) is 2. The molecule has 2 fully saturated rings. The molecule has 2 N–H and O–H groups in total. The third-order valence-corrected chi connectivity index (χ3v) is 2.31. The van der Waals surface area contributed by atoms with Crippen LogP contribution in [0.2, 0.25) is 0 Å². The van der Waals surface area contributed by atoms with Crippen LogP contribution in [0.5, 0.6) is 0 Å². The average Bonchev–Trinajstić information content (AvgIpc) is 2.52. The first-order chi connectivity index (χ1) is 4.86. The van der Waals surface area contributed by atoms with Gasteiger partial charge in [-0.05, 0) is 0 Å². The van der Waals surface area contributed by atoms with Crippen LogP contribution in [0.1, 0.15) is 35.1 Å². The van der Waals surface area contributed by atoms with Crippen molar-refractivity contribution in [3.8, 4) is 0 Å². The van der Waals surface area contributed by atoms with Gasteiger partial charge in [0.05, 0.1) is 18.6 Å². The third-order valence-electron chi connectivity index (χ3n) is 2.31. The summed E-state index contributed by atoms with van der Waals surface area (Å²) in [6.45, 7) is 6.44. The van der Waals surface area contributed by atoms with Crippen molar-refractivity contribution in [1.82, 2.24) is 5.32 Å². The van der Waals surface area contributed by atoms with Crippen molar-refractivity contribution in [2.75, 3.05) is 13.1 Å². The van der Waals surface area contributed by atoms with Gasteiger partial charge in [0.1, 0.15) is 0 Å². The molecule has 0 saturated carbocycles. The van der Waals surface area contributed by atoms with Gasteiger partial charge in [0.2, 0.25) is 0 Å². The second-order valence-corrected chi connectivity index (χ2v) is 2.90. The zero-order chi connectivity index (χ0) is 7.56. The maximum Gasteiger partial charge on any atom is 0.0779 e. The van der Waals surface area contributed by atoms with E-state index in [4.69, 9.17) is 0 Å². The summed E-state index contributed by atoms with van der Waals surface area (Å²) in [5.41, 5.74) is 0. The summed E-state index contributed by atoms with van der Waals surface area (Å²) < 4.78 is 0. The Morgan fingerprint density at radius 1 is 1.33 bits per heavy atom. The molecule has 2 saturated heterocycles. The van der Waals surface area contributed by atoms with Crippen LogP contribution < -0.4 is 10.2 Å². The third kappa shape index (κ3) is 2.76. The maximum absolute atomic E-state index is 4.00. The minimum Gasteiger partial charge on any atom is -0.463 e. The van der Waals surface area contributed by atoms with Crippen molar-refractivity contribution in [3.63, 3.8) is 0 Å². The van der Waals surface area contributed by atoms with Crippen molar-refractivity contribution in [3.05, 3.63) is 7.05 Å². The highest BCUT2D eigenvalue weighted by Crippen LogP contribution is 2.07. The minimum absolute atomic E-state index is 0.